The zero-order chi connectivity index (χ0) is 33.9. The Morgan fingerprint density at radius 2 is 0.814 bits per heavy atom. The molecule has 0 aliphatic carbocycles. The van der Waals surface area contributed by atoms with E-state index in [1.54, 1.807) is 9.97 Å². The van der Waals surface area contributed by atoms with Crippen LogP contribution in [-0.4, -0.2) is 67.2 Å². The summed E-state index contributed by atoms with van der Waals surface area (Å²) in [7, 11) is -9.11. The van der Waals surface area contributed by atoms with Crippen LogP contribution in [0.5, 0.6) is 0 Å². The van der Waals surface area contributed by atoms with Gasteiger partial charge in [-0.15, -0.1) is 0 Å². The summed E-state index contributed by atoms with van der Waals surface area (Å²) < 4.78 is 3.69. The number of allylic oxidation sites excluding steroid dienone is 4. The van der Waals surface area contributed by atoms with Gasteiger partial charge in [0.25, 0.3) is 0 Å². The average Bonchev–Trinajstić information content (AvgIpc) is 2.66. The van der Waals surface area contributed by atoms with Crippen molar-refractivity contribution in [2.75, 3.05) is 0 Å². The average molecular weight is 746 g/mol. The molecule has 2 rings (SSSR count). The molecule has 0 N–H and O–H groups in total. The van der Waals surface area contributed by atoms with Gasteiger partial charge < -0.3 is 0 Å². The molecule has 0 saturated heterocycles. The second-order valence-electron chi connectivity index (χ2n) is 21.4. The molecule has 0 unspecified atom stereocenters. The fraction of sp³-hybridized carbons (Fsp3) is 0.694. The SMILES string of the molecule is CC(C)(C)[C]1=CC=C[CH]=[Ge]1[c]1c(C([Si](C)(C)C)[Si](C)(C)C)cc(C([Si](C)(C)C)[Si](C)(C)C)cc1C([Si](C)(C)C)[Si](C)(C)C. The van der Waals surface area contributed by atoms with Crippen LogP contribution in [-0.2, 0) is 0 Å². The second-order valence-corrected chi connectivity index (χ2v) is 59.6. The Morgan fingerprint density at radius 1 is 0.488 bits per heavy atom. The van der Waals surface area contributed by atoms with Crippen LogP contribution in [0, 0.1) is 5.41 Å². The predicted octanol–water partition coefficient (Wildman–Crippen LogP) is 11.4. The third-order valence-electron chi connectivity index (χ3n) is 9.38. The molecule has 0 fully saturated rings. The molecule has 43 heavy (non-hydrogen) atoms. The Morgan fingerprint density at radius 3 is 1.09 bits per heavy atom. The van der Waals surface area contributed by atoms with Crippen molar-refractivity contribution in [3.05, 3.63) is 51.5 Å². The van der Waals surface area contributed by atoms with E-state index < -0.39 is 62.4 Å². The van der Waals surface area contributed by atoms with Crippen LogP contribution in [0.15, 0.2) is 34.8 Å². The minimum atomic E-state index is -1.97. The summed E-state index contributed by atoms with van der Waals surface area (Å²) >= 11 is -1.97. The molecule has 244 valence electrons. The van der Waals surface area contributed by atoms with Gasteiger partial charge >= 0.3 is 283 Å². The van der Waals surface area contributed by atoms with Crippen LogP contribution in [0.25, 0.3) is 0 Å². The van der Waals surface area contributed by atoms with Crippen molar-refractivity contribution in [1.29, 1.82) is 0 Å². The van der Waals surface area contributed by atoms with Crippen LogP contribution >= 0.6 is 0 Å². The summed E-state index contributed by atoms with van der Waals surface area (Å²) in [4.78, 5) is 2.76. The molecule has 1 aliphatic heterocycles. The van der Waals surface area contributed by atoms with Gasteiger partial charge in [0.1, 0.15) is 0 Å². The topological polar surface area (TPSA) is 0 Å². The third-order valence-corrected chi connectivity index (χ3v) is 43.9. The van der Waals surface area contributed by atoms with Crippen molar-refractivity contribution in [3.63, 3.8) is 0 Å². The summed E-state index contributed by atoms with van der Waals surface area (Å²) in [6.45, 7) is 55.9. The Hall–Kier alpha value is 0.414. The van der Waals surface area contributed by atoms with Gasteiger partial charge in [0.05, 0.1) is 0 Å². The molecular weight excluding hydrogens is 674 g/mol. The van der Waals surface area contributed by atoms with Gasteiger partial charge in [0.2, 0.25) is 0 Å². The van der Waals surface area contributed by atoms with Crippen molar-refractivity contribution in [2.45, 2.75) is 154 Å². The molecule has 0 atom stereocenters. The van der Waals surface area contributed by atoms with Gasteiger partial charge in [-0.25, -0.2) is 0 Å². The van der Waals surface area contributed by atoms with E-state index in [0.29, 0.717) is 0 Å². The molecule has 0 amide bonds. The van der Waals surface area contributed by atoms with Gasteiger partial charge in [0.15, 0.2) is 0 Å². The first-order chi connectivity index (χ1) is 18.8. The van der Waals surface area contributed by atoms with Crippen molar-refractivity contribution in [3.8, 4) is 0 Å². The van der Waals surface area contributed by atoms with Gasteiger partial charge in [0, 0.05) is 0 Å². The normalized spacial score (nSPS) is 16.4. The molecule has 1 aromatic rings. The zero-order valence-electron chi connectivity index (χ0n) is 32.7. The summed E-state index contributed by atoms with van der Waals surface area (Å²) in [6.07, 6.45) is 7.34. The quantitative estimate of drug-likeness (QED) is 0.209. The zero-order valence-corrected chi connectivity index (χ0v) is 40.8. The predicted molar refractivity (Wildman–Crippen MR) is 223 cm³/mol. The Kier molecular flexibility index (Phi) is 11.8. The van der Waals surface area contributed by atoms with Crippen molar-refractivity contribution < 1.29 is 0 Å². The molecule has 0 radical (unpaired) electrons. The third kappa shape index (κ3) is 9.50. The first-order valence-corrected chi connectivity index (χ1v) is 41.9. The van der Waals surface area contributed by atoms with Crippen molar-refractivity contribution in [1.82, 2.24) is 0 Å². The monoisotopic (exact) mass is 746 g/mol. The molecule has 0 nitrogen and oxygen atoms in total. The molecule has 1 aliphatic rings. The Bertz CT molecular complexity index is 1160. The van der Waals surface area contributed by atoms with E-state index in [9.17, 15) is 0 Å². The standard InChI is InChI=1S/C36H72GeSi6/c1-36(2,3)31-24-22-23-25-37(31)32-29(34(40(10,11)12)41(13,14)15)26-28(33(38(4,5)6)39(7,8)9)27-30(32)35(42(16,17)18)43(19,20)21/h22-27,33-35H,1-21H3. The maximum atomic E-state index is 2.92. The first-order valence-electron chi connectivity index (χ1n) is 17.1. The summed E-state index contributed by atoms with van der Waals surface area (Å²) in [5, 5.41) is 2.31. The fourth-order valence-corrected chi connectivity index (χ4v) is 55.5. The van der Waals surface area contributed by atoms with Crippen molar-refractivity contribution >= 4 is 71.6 Å². The van der Waals surface area contributed by atoms with E-state index in [0.717, 1.165) is 15.5 Å². The van der Waals surface area contributed by atoms with Crippen LogP contribution in [0.4, 0.5) is 0 Å². The molecule has 1 heterocycles. The van der Waals surface area contributed by atoms with E-state index in [1.807, 2.05) is 15.5 Å². The molecular formula is C36H72GeSi6. The van der Waals surface area contributed by atoms with E-state index in [-0.39, 0.29) is 5.41 Å². The second kappa shape index (κ2) is 12.8. The molecule has 7 heteroatoms. The van der Waals surface area contributed by atoms with Gasteiger partial charge in [-0.2, -0.15) is 0 Å². The molecule has 0 bridgehead atoms. The van der Waals surface area contributed by atoms with E-state index >= 15 is 0 Å². The van der Waals surface area contributed by atoms with Gasteiger partial charge in [-0.05, 0) is 0 Å². The molecule has 0 saturated carbocycles. The molecule has 0 spiro atoms. The number of hydrogen-bond acceptors (Lipinski definition) is 0. The van der Waals surface area contributed by atoms with Crippen LogP contribution in [0.2, 0.25) is 118 Å². The minimum absolute atomic E-state index is 0.199. The summed E-state index contributed by atoms with van der Waals surface area (Å²) in [6, 6.07) is 5.83. The van der Waals surface area contributed by atoms with Gasteiger partial charge in [-0.1, -0.05) is 0 Å². The summed E-state index contributed by atoms with van der Waals surface area (Å²) in [5.74, 6) is 0. The maximum absolute atomic E-state index is 2.92. The van der Waals surface area contributed by atoms with E-state index in [1.165, 1.54) is 0 Å². The number of hydrogen-bond donors (Lipinski definition) is 0. The summed E-state index contributed by atoms with van der Waals surface area (Å²) in [5.41, 5.74) is 5.70. The van der Waals surface area contributed by atoms with E-state index in [4.69, 9.17) is 0 Å². The van der Waals surface area contributed by atoms with Crippen molar-refractivity contribution in [2.24, 2.45) is 5.41 Å². The van der Waals surface area contributed by atoms with Crippen LogP contribution in [0.1, 0.15) is 53.0 Å². The molecule has 0 aromatic heterocycles. The number of rotatable bonds is 10. The van der Waals surface area contributed by atoms with Crippen LogP contribution in [0.3, 0.4) is 0 Å². The van der Waals surface area contributed by atoms with Gasteiger partial charge in [-0.3, -0.25) is 0 Å². The first kappa shape index (κ1) is 39.6. The fourth-order valence-electron chi connectivity index (χ4n) is 9.76. The van der Waals surface area contributed by atoms with Crippen LogP contribution < -0.4 is 4.40 Å². The number of benzene rings is 1. The Labute approximate surface area is 280 Å². The molecule has 1 aromatic carbocycles. The Balaban J connectivity index is 3.46. The van der Waals surface area contributed by atoms with E-state index in [2.05, 4.69) is 174 Å².